The van der Waals surface area contributed by atoms with Gasteiger partial charge in [-0.25, -0.2) is 13.2 Å². The highest BCUT2D eigenvalue weighted by Crippen LogP contribution is 2.48. The first-order valence-corrected chi connectivity index (χ1v) is 5.86. The second-order valence-corrected chi connectivity index (χ2v) is 5.11. The van der Waals surface area contributed by atoms with Gasteiger partial charge < -0.3 is 10.8 Å². The highest BCUT2D eigenvalue weighted by molar-refractivity contribution is 5.28. The Morgan fingerprint density at radius 1 is 1.39 bits per heavy atom. The van der Waals surface area contributed by atoms with E-state index in [1.807, 2.05) is 0 Å². The van der Waals surface area contributed by atoms with Crippen molar-refractivity contribution in [3.05, 3.63) is 35.6 Å². The number of benzene rings is 1. The van der Waals surface area contributed by atoms with E-state index in [4.69, 9.17) is 5.73 Å². The zero-order valence-electron chi connectivity index (χ0n) is 10.0. The second kappa shape index (κ2) is 4.24. The Hall–Kier alpha value is -1.07. The van der Waals surface area contributed by atoms with E-state index in [1.165, 1.54) is 25.1 Å². The highest BCUT2D eigenvalue weighted by Gasteiger charge is 2.57. The summed E-state index contributed by atoms with van der Waals surface area (Å²) in [6.07, 6.45) is -1.64. The number of hydrogen-bond acceptors (Lipinski definition) is 2. The smallest absolute Gasteiger partial charge is 0.255 e. The Labute approximate surface area is 104 Å². The summed E-state index contributed by atoms with van der Waals surface area (Å²) in [5.74, 6) is -5.18. The van der Waals surface area contributed by atoms with Gasteiger partial charge in [0.15, 0.2) is 0 Å². The molecule has 0 aromatic heterocycles. The van der Waals surface area contributed by atoms with Crippen LogP contribution in [0.1, 0.15) is 25.3 Å². The lowest BCUT2D eigenvalue weighted by molar-refractivity contribution is -0.0908. The molecule has 0 heterocycles. The Morgan fingerprint density at radius 2 is 2.00 bits per heavy atom. The quantitative estimate of drug-likeness (QED) is 0.856. The fourth-order valence-electron chi connectivity index (χ4n) is 2.85. The van der Waals surface area contributed by atoms with Gasteiger partial charge in [-0.1, -0.05) is 18.2 Å². The van der Waals surface area contributed by atoms with E-state index in [1.54, 1.807) is 6.07 Å². The molecule has 1 aliphatic carbocycles. The highest BCUT2D eigenvalue weighted by atomic mass is 19.3. The van der Waals surface area contributed by atoms with Crippen molar-refractivity contribution in [2.45, 2.75) is 37.3 Å². The first-order chi connectivity index (χ1) is 8.27. The molecule has 100 valence electrons. The summed E-state index contributed by atoms with van der Waals surface area (Å²) in [6.45, 7) is 1.35. The molecule has 1 aliphatic rings. The molecular weight excluding hydrogens is 243 g/mol. The largest absolute Gasteiger partial charge is 0.393 e. The molecule has 1 saturated carbocycles. The maximum Gasteiger partial charge on any atom is 0.255 e. The van der Waals surface area contributed by atoms with Crippen LogP contribution < -0.4 is 5.73 Å². The lowest BCUT2D eigenvalue weighted by Crippen LogP contribution is -2.51. The van der Waals surface area contributed by atoms with Crippen molar-refractivity contribution in [1.82, 2.24) is 0 Å². The summed E-state index contributed by atoms with van der Waals surface area (Å²) in [5.41, 5.74) is 4.33. The molecular formula is C13H16F3NO. The molecule has 1 aromatic rings. The SMILES string of the molecule is CC(N)(c1ccccc1F)[C@@H]1[C@H](O)CCC1(F)F. The Bertz CT molecular complexity index is 448. The van der Waals surface area contributed by atoms with Crippen LogP contribution in [0.2, 0.25) is 0 Å². The molecule has 5 heteroatoms. The fraction of sp³-hybridized carbons (Fsp3) is 0.538. The lowest BCUT2D eigenvalue weighted by Gasteiger charge is -2.37. The Balaban J connectivity index is 2.45. The molecule has 0 aliphatic heterocycles. The number of hydrogen-bond donors (Lipinski definition) is 2. The van der Waals surface area contributed by atoms with Crippen molar-refractivity contribution in [2.24, 2.45) is 11.7 Å². The second-order valence-electron chi connectivity index (χ2n) is 5.11. The van der Waals surface area contributed by atoms with Gasteiger partial charge in [0.2, 0.25) is 0 Å². The molecule has 0 saturated heterocycles. The summed E-state index contributed by atoms with van der Waals surface area (Å²) in [6, 6.07) is 5.58. The molecule has 3 N–H and O–H groups in total. The first kappa shape index (κ1) is 13.4. The number of rotatable bonds is 2. The van der Waals surface area contributed by atoms with Gasteiger partial charge in [-0.15, -0.1) is 0 Å². The van der Waals surface area contributed by atoms with Crippen LogP contribution in [0.25, 0.3) is 0 Å². The topological polar surface area (TPSA) is 46.2 Å². The van der Waals surface area contributed by atoms with Crippen molar-refractivity contribution < 1.29 is 18.3 Å². The van der Waals surface area contributed by atoms with Crippen LogP contribution in [0, 0.1) is 11.7 Å². The van der Waals surface area contributed by atoms with Crippen molar-refractivity contribution in [1.29, 1.82) is 0 Å². The van der Waals surface area contributed by atoms with Gasteiger partial charge in [-0.05, 0) is 19.4 Å². The van der Waals surface area contributed by atoms with Gasteiger partial charge in [0.1, 0.15) is 5.82 Å². The molecule has 0 amide bonds. The van der Waals surface area contributed by atoms with Gasteiger partial charge >= 0.3 is 0 Å². The molecule has 1 unspecified atom stereocenters. The minimum Gasteiger partial charge on any atom is -0.393 e. The zero-order valence-corrected chi connectivity index (χ0v) is 10.0. The minimum absolute atomic E-state index is 0.00984. The number of alkyl halides is 2. The molecule has 3 atom stereocenters. The number of aliphatic hydroxyl groups is 1. The minimum atomic E-state index is -3.08. The average Bonchev–Trinajstić information content (AvgIpc) is 2.53. The maximum absolute atomic E-state index is 13.8. The van der Waals surface area contributed by atoms with Crippen molar-refractivity contribution in [3.8, 4) is 0 Å². The van der Waals surface area contributed by atoms with E-state index in [0.717, 1.165) is 0 Å². The van der Waals surface area contributed by atoms with E-state index in [9.17, 15) is 18.3 Å². The third-order valence-electron chi connectivity index (χ3n) is 3.71. The predicted octanol–water partition coefficient (Wildman–Crippen LogP) is 2.41. The van der Waals surface area contributed by atoms with Crippen LogP contribution in [-0.2, 0) is 5.54 Å². The van der Waals surface area contributed by atoms with E-state index >= 15 is 0 Å². The number of aliphatic hydroxyl groups excluding tert-OH is 1. The first-order valence-electron chi connectivity index (χ1n) is 5.86. The normalized spacial score (nSPS) is 30.1. The van der Waals surface area contributed by atoms with Crippen LogP contribution in [0.3, 0.4) is 0 Å². The van der Waals surface area contributed by atoms with Crippen molar-refractivity contribution in [2.75, 3.05) is 0 Å². The number of halogens is 3. The molecule has 1 fully saturated rings. The van der Waals surface area contributed by atoms with E-state index in [-0.39, 0.29) is 12.0 Å². The molecule has 18 heavy (non-hydrogen) atoms. The molecule has 2 rings (SSSR count). The molecule has 0 bridgehead atoms. The van der Waals surface area contributed by atoms with Crippen molar-refractivity contribution in [3.63, 3.8) is 0 Å². The zero-order chi connectivity index (χ0) is 13.6. The van der Waals surface area contributed by atoms with Crippen LogP contribution in [0.4, 0.5) is 13.2 Å². The Morgan fingerprint density at radius 3 is 2.50 bits per heavy atom. The number of nitrogens with two attached hydrogens (primary N) is 1. The van der Waals surface area contributed by atoms with Gasteiger partial charge in [-0.2, -0.15) is 0 Å². The lowest BCUT2D eigenvalue weighted by atomic mass is 9.76. The fourth-order valence-corrected chi connectivity index (χ4v) is 2.85. The average molecular weight is 259 g/mol. The van der Waals surface area contributed by atoms with Gasteiger partial charge in [0.25, 0.3) is 5.92 Å². The predicted molar refractivity (Wildman–Crippen MR) is 61.6 cm³/mol. The third kappa shape index (κ3) is 2.01. The molecule has 0 spiro atoms. The third-order valence-corrected chi connectivity index (χ3v) is 3.71. The summed E-state index contributed by atoms with van der Waals surface area (Å²) in [4.78, 5) is 0. The van der Waals surface area contributed by atoms with Crippen molar-refractivity contribution >= 4 is 0 Å². The van der Waals surface area contributed by atoms with Crippen LogP contribution in [-0.4, -0.2) is 17.1 Å². The van der Waals surface area contributed by atoms with Crippen LogP contribution in [0.5, 0.6) is 0 Å². The Kier molecular flexibility index (Phi) is 3.15. The molecule has 0 radical (unpaired) electrons. The van der Waals surface area contributed by atoms with Gasteiger partial charge in [-0.3, -0.25) is 0 Å². The standard InChI is InChI=1S/C13H16F3NO/c1-12(17,8-4-2-3-5-9(8)14)11-10(18)6-7-13(11,15)16/h2-5,10-11,18H,6-7,17H2,1H3/t10-,11+,12?/m1/s1. The van der Waals surface area contributed by atoms with Gasteiger partial charge in [0, 0.05) is 12.0 Å². The molecule has 1 aromatic carbocycles. The maximum atomic E-state index is 13.8. The molecule has 2 nitrogen and oxygen atoms in total. The van der Waals surface area contributed by atoms with E-state index < -0.39 is 35.7 Å². The summed E-state index contributed by atoms with van der Waals surface area (Å²) < 4.78 is 41.3. The van der Waals surface area contributed by atoms with E-state index in [2.05, 4.69) is 0 Å². The van der Waals surface area contributed by atoms with Crippen LogP contribution >= 0.6 is 0 Å². The summed E-state index contributed by atoms with van der Waals surface area (Å²) in [5, 5.41) is 9.73. The van der Waals surface area contributed by atoms with Gasteiger partial charge in [0.05, 0.1) is 17.6 Å². The monoisotopic (exact) mass is 259 g/mol. The van der Waals surface area contributed by atoms with E-state index in [0.29, 0.717) is 0 Å². The summed E-state index contributed by atoms with van der Waals surface area (Å²) >= 11 is 0. The summed E-state index contributed by atoms with van der Waals surface area (Å²) in [7, 11) is 0. The van der Waals surface area contributed by atoms with Crippen LogP contribution in [0.15, 0.2) is 24.3 Å².